The molecule has 1 aliphatic rings. The van der Waals surface area contributed by atoms with E-state index < -0.39 is 0 Å². The Bertz CT molecular complexity index is 300. The summed E-state index contributed by atoms with van der Waals surface area (Å²) in [5.41, 5.74) is 1.19. The van der Waals surface area contributed by atoms with Crippen LogP contribution < -0.4 is 5.32 Å². The molecule has 0 bridgehead atoms. The highest BCUT2D eigenvalue weighted by molar-refractivity contribution is 4.99. The predicted molar refractivity (Wildman–Crippen MR) is 61.6 cm³/mol. The van der Waals surface area contributed by atoms with E-state index in [0.717, 1.165) is 18.3 Å². The molecule has 15 heavy (non-hydrogen) atoms. The summed E-state index contributed by atoms with van der Waals surface area (Å²) in [5, 5.41) is 3.58. The molecule has 1 saturated carbocycles. The van der Waals surface area contributed by atoms with Crippen LogP contribution in [0.4, 0.5) is 0 Å². The highest BCUT2D eigenvalue weighted by Crippen LogP contribution is 2.27. The lowest BCUT2D eigenvalue weighted by Crippen LogP contribution is -2.31. The molecule has 1 aromatic rings. The van der Waals surface area contributed by atoms with Crippen molar-refractivity contribution in [2.45, 2.75) is 52.1 Å². The van der Waals surface area contributed by atoms with Gasteiger partial charge >= 0.3 is 0 Å². The molecule has 0 aromatic carbocycles. The van der Waals surface area contributed by atoms with Crippen LogP contribution in [0.25, 0.3) is 0 Å². The molecule has 0 aliphatic heterocycles. The molecule has 0 radical (unpaired) electrons. The average Bonchev–Trinajstić information content (AvgIpc) is 2.84. The Hall–Kier alpha value is -0.830. The molecule has 2 N–H and O–H groups in total. The van der Waals surface area contributed by atoms with Crippen molar-refractivity contribution in [2.75, 3.05) is 0 Å². The number of aromatic nitrogens is 2. The molecule has 0 unspecified atom stereocenters. The summed E-state index contributed by atoms with van der Waals surface area (Å²) in [4.78, 5) is 7.44. The molecule has 1 fully saturated rings. The highest BCUT2D eigenvalue weighted by Gasteiger charge is 2.20. The van der Waals surface area contributed by atoms with Crippen LogP contribution in [0.2, 0.25) is 0 Å². The maximum absolute atomic E-state index is 4.20. The van der Waals surface area contributed by atoms with Crippen LogP contribution in [0, 0.1) is 12.8 Å². The number of hydrogen-bond donors (Lipinski definition) is 2. The van der Waals surface area contributed by atoms with Crippen molar-refractivity contribution in [1.82, 2.24) is 15.3 Å². The van der Waals surface area contributed by atoms with Gasteiger partial charge in [0, 0.05) is 24.5 Å². The van der Waals surface area contributed by atoms with E-state index in [0.29, 0.717) is 6.04 Å². The van der Waals surface area contributed by atoms with E-state index in [4.69, 9.17) is 0 Å². The molecule has 3 heteroatoms. The van der Waals surface area contributed by atoms with E-state index in [1.165, 1.54) is 31.4 Å². The second-order valence-electron chi connectivity index (χ2n) is 4.71. The van der Waals surface area contributed by atoms with Crippen LogP contribution >= 0.6 is 0 Å². The van der Waals surface area contributed by atoms with Gasteiger partial charge in [0.05, 0.1) is 0 Å². The lowest BCUT2D eigenvalue weighted by atomic mass is 10.00. The Kier molecular flexibility index (Phi) is 3.41. The maximum atomic E-state index is 4.20. The number of H-pyrrole nitrogens is 1. The first-order valence-electron chi connectivity index (χ1n) is 5.99. The van der Waals surface area contributed by atoms with Crippen LogP contribution in [-0.2, 0) is 6.54 Å². The minimum absolute atomic E-state index is 0.635. The van der Waals surface area contributed by atoms with Gasteiger partial charge in [0.15, 0.2) is 0 Å². The number of imidazole rings is 1. The largest absolute Gasteiger partial charge is 0.345 e. The first kappa shape index (κ1) is 10.7. The van der Waals surface area contributed by atoms with Crippen LogP contribution in [-0.4, -0.2) is 16.0 Å². The van der Waals surface area contributed by atoms with Crippen molar-refractivity contribution in [3.63, 3.8) is 0 Å². The smallest absolute Gasteiger partial charge is 0.103 e. The Morgan fingerprint density at radius 1 is 1.53 bits per heavy atom. The summed E-state index contributed by atoms with van der Waals surface area (Å²) >= 11 is 0. The molecule has 0 saturated heterocycles. The molecule has 0 spiro atoms. The first-order chi connectivity index (χ1) is 7.25. The minimum atomic E-state index is 0.635. The molecule has 1 aliphatic carbocycles. The van der Waals surface area contributed by atoms with Gasteiger partial charge in [-0.3, -0.25) is 0 Å². The van der Waals surface area contributed by atoms with Crippen LogP contribution in [0.3, 0.4) is 0 Å². The third-order valence-corrected chi connectivity index (χ3v) is 3.48. The molecule has 3 nitrogen and oxygen atoms in total. The fraction of sp³-hybridized carbons (Fsp3) is 0.750. The van der Waals surface area contributed by atoms with Crippen molar-refractivity contribution < 1.29 is 0 Å². The second kappa shape index (κ2) is 4.79. The number of rotatable bonds is 4. The summed E-state index contributed by atoms with van der Waals surface area (Å²) in [5.74, 6) is 1.88. The normalized spacial score (nSPS) is 19.6. The van der Waals surface area contributed by atoms with Crippen molar-refractivity contribution in [1.29, 1.82) is 0 Å². The van der Waals surface area contributed by atoms with E-state index in [1.807, 2.05) is 13.1 Å². The fourth-order valence-electron chi connectivity index (χ4n) is 2.46. The molecule has 1 heterocycles. The average molecular weight is 207 g/mol. The Morgan fingerprint density at radius 2 is 2.27 bits per heavy atom. The number of hydrogen-bond acceptors (Lipinski definition) is 2. The Balaban J connectivity index is 1.77. The van der Waals surface area contributed by atoms with Gasteiger partial charge in [-0.25, -0.2) is 4.98 Å². The van der Waals surface area contributed by atoms with Crippen molar-refractivity contribution in [2.24, 2.45) is 5.92 Å². The quantitative estimate of drug-likeness (QED) is 0.796. The van der Waals surface area contributed by atoms with Gasteiger partial charge in [0.1, 0.15) is 5.82 Å². The van der Waals surface area contributed by atoms with Gasteiger partial charge in [-0.1, -0.05) is 12.8 Å². The topological polar surface area (TPSA) is 40.7 Å². The standard InChI is InChI=1S/C12H21N3/c1-9(11-5-3-4-6-11)13-7-12-8-14-10(2)15-12/h8-9,11,13H,3-7H2,1-2H3,(H,14,15)/t9-/m1/s1. The lowest BCUT2D eigenvalue weighted by molar-refractivity contribution is 0.379. The van der Waals surface area contributed by atoms with Crippen molar-refractivity contribution >= 4 is 0 Å². The van der Waals surface area contributed by atoms with Gasteiger partial charge in [-0.05, 0) is 32.6 Å². The van der Waals surface area contributed by atoms with Crippen LogP contribution in [0.15, 0.2) is 6.20 Å². The second-order valence-corrected chi connectivity index (χ2v) is 4.71. The molecule has 2 rings (SSSR count). The minimum Gasteiger partial charge on any atom is -0.345 e. The third-order valence-electron chi connectivity index (χ3n) is 3.48. The lowest BCUT2D eigenvalue weighted by Gasteiger charge is -2.19. The van der Waals surface area contributed by atoms with Gasteiger partial charge in [-0.15, -0.1) is 0 Å². The maximum Gasteiger partial charge on any atom is 0.103 e. The van der Waals surface area contributed by atoms with E-state index >= 15 is 0 Å². The molecule has 84 valence electrons. The zero-order chi connectivity index (χ0) is 10.7. The molecular formula is C12H21N3. The highest BCUT2D eigenvalue weighted by atomic mass is 15.0. The summed E-state index contributed by atoms with van der Waals surface area (Å²) in [6, 6.07) is 0.635. The number of aryl methyl sites for hydroxylation is 1. The van der Waals surface area contributed by atoms with Crippen molar-refractivity contribution in [3.8, 4) is 0 Å². The van der Waals surface area contributed by atoms with Gasteiger partial charge < -0.3 is 10.3 Å². The van der Waals surface area contributed by atoms with Gasteiger partial charge in [-0.2, -0.15) is 0 Å². The number of aromatic amines is 1. The zero-order valence-electron chi connectivity index (χ0n) is 9.71. The first-order valence-corrected chi connectivity index (χ1v) is 5.99. The van der Waals surface area contributed by atoms with E-state index in [9.17, 15) is 0 Å². The van der Waals surface area contributed by atoms with Gasteiger partial charge in [0.2, 0.25) is 0 Å². The number of nitrogens with one attached hydrogen (secondary N) is 2. The molecule has 0 amide bonds. The Labute approximate surface area is 91.7 Å². The van der Waals surface area contributed by atoms with E-state index in [2.05, 4.69) is 22.2 Å². The van der Waals surface area contributed by atoms with Crippen LogP contribution in [0.5, 0.6) is 0 Å². The predicted octanol–water partition coefficient (Wildman–Crippen LogP) is 2.39. The SMILES string of the molecule is Cc1ncc(CN[C@H](C)C2CCCC2)[nH]1. The van der Waals surface area contributed by atoms with E-state index in [1.54, 1.807) is 0 Å². The molecular weight excluding hydrogens is 186 g/mol. The monoisotopic (exact) mass is 207 g/mol. The zero-order valence-corrected chi connectivity index (χ0v) is 9.71. The van der Waals surface area contributed by atoms with Gasteiger partial charge in [0.25, 0.3) is 0 Å². The van der Waals surface area contributed by atoms with Crippen LogP contribution in [0.1, 0.15) is 44.1 Å². The fourth-order valence-corrected chi connectivity index (χ4v) is 2.46. The number of nitrogens with zero attached hydrogens (tertiary/aromatic N) is 1. The Morgan fingerprint density at radius 3 is 2.87 bits per heavy atom. The third kappa shape index (κ3) is 2.81. The summed E-state index contributed by atoms with van der Waals surface area (Å²) in [6.45, 7) is 5.21. The summed E-state index contributed by atoms with van der Waals surface area (Å²) < 4.78 is 0. The molecule has 1 aromatic heterocycles. The summed E-state index contributed by atoms with van der Waals surface area (Å²) in [6.07, 6.45) is 7.55. The van der Waals surface area contributed by atoms with Crippen molar-refractivity contribution in [3.05, 3.63) is 17.7 Å². The van der Waals surface area contributed by atoms with E-state index in [-0.39, 0.29) is 0 Å². The summed E-state index contributed by atoms with van der Waals surface area (Å²) in [7, 11) is 0. The molecule has 1 atom stereocenters.